The second-order valence-electron chi connectivity index (χ2n) is 6.81. The van der Waals surface area contributed by atoms with E-state index in [2.05, 4.69) is 4.98 Å². The highest BCUT2D eigenvalue weighted by Crippen LogP contribution is 2.51. The summed E-state index contributed by atoms with van der Waals surface area (Å²) in [6.45, 7) is -0.711. The number of aromatic nitrogens is 1. The van der Waals surface area contributed by atoms with Gasteiger partial charge in [0.15, 0.2) is 6.73 Å². The van der Waals surface area contributed by atoms with Gasteiger partial charge in [0.1, 0.15) is 0 Å². The molecule has 0 aliphatic carbocycles. The molecule has 146 valence electrons. The number of H-pyrrole nitrogens is 1. The fourth-order valence-electron chi connectivity index (χ4n) is 2.49. The molecule has 0 spiro atoms. The van der Waals surface area contributed by atoms with Gasteiger partial charge in [-0.25, -0.2) is 9.09 Å². The van der Waals surface area contributed by atoms with E-state index in [1.807, 2.05) is 24.3 Å². The number of phosphoric acid groups is 1. The van der Waals surface area contributed by atoms with Crippen molar-refractivity contribution in [2.24, 2.45) is 0 Å². The molecule has 0 saturated carbocycles. The Bertz CT molecular complexity index is 914. The molecule has 0 unspecified atom stereocenters. The molecule has 0 aliphatic heterocycles. The van der Waals surface area contributed by atoms with E-state index in [4.69, 9.17) is 21.8 Å². The summed E-state index contributed by atoms with van der Waals surface area (Å²) in [6, 6.07) is 7.46. The first-order chi connectivity index (χ1) is 14.6. The van der Waals surface area contributed by atoms with E-state index in [-0.39, 0.29) is 13.0 Å². The van der Waals surface area contributed by atoms with Crippen molar-refractivity contribution in [2.75, 3.05) is 27.2 Å². The van der Waals surface area contributed by atoms with Crippen molar-refractivity contribution in [3.63, 3.8) is 0 Å². The molecule has 0 saturated heterocycles. The second-order valence-corrected chi connectivity index (χ2v) is 8.39. The van der Waals surface area contributed by atoms with Gasteiger partial charge in [0.2, 0.25) is 0 Å². The lowest BCUT2D eigenvalue weighted by atomic mass is 10.1. The molecule has 7 heteroatoms. The number of nitrogens with zero attached hydrogens (tertiary/aromatic N) is 1. The van der Waals surface area contributed by atoms with Crippen LogP contribution in [0.2, 0.25) is 0 Å². The normalized spacial score (nSPS) is 17.6. The molecular formula is C19H32N2O4P+. The van der Waals surface area contributed by atoms with E-state index in [0.29, 0.717) is 0 Å². The van der Waals surface area contributed by atoms with Gasteiger partial charge in [0.25, 0.3) is 0 Å². The maximum Gasteiger partial charge on any atom is 0.479 e. The fourth-order valence-corrected chi connectivity index (χ4v) is 4.03. The summed E-state index contributed by atoms with van der Waals surface area (Å²) in [7, 11) is -4.21. The maximum atomic E-state index is 13.1. The van der Waals surface area contributed by atoms with Gasteiger partial charge in [-0.15, -0.1) is 0 Å². The van der Waals surface area contributed by atoms with Crippen molar-refractivity contribution in [1.29, 1.82) is 0 Å². The Kier molecular flexibility index (Phi) is 4.65. The predicted octanol–water partition coefficient (Wildman–Crippen LogP) is 4.72. The van der Waals surface area contributed by atoms with Gasteiger partial charge < -0.3 is 9.47 Å². The zero-order valence-corrected chi connectivity index (χ0v) is 16.6. The molecule has 2 aromatic rings. The number of aromatic amines is 1. The number of hydrogen-bond donors (Lipinski definition) is 1. The van der Waals surface area contributed by atoms with Gasteiger partial charge in [-0.2, -0.15) is 0 Å². The SMILES string of the molecule is [2H]C([2H])([2H])[N+](CCc1c[nH]c2ccccc12)(COP(=O)(OC(C)C)OC(C)C)C([2H])([2H])[2H]. The molecule has 1 aromatic heterocycles. The smallest absolute Gasteiger partial charge is 0.361 e. The highest BCUT2D eigenvalue weighted by molar-refractivity contribution is 7.48. The van der Waals surface area contributed by atoms with Crippen LogP contribution in [0.5, 0.6) is 0 Å². The summed E-state index contributed by atoms with van der Waals surface area (Å²) in [6.07, 6.45) is 0.778. The molecule has 0 radical (unpaired) electrons. The average molecular weight is 389 g/mol. The van der Waals surface area contributed by atoms with Crippen LogP contribution in [-0.4, -0.2) is 48.9 Å². The predicted molar refractivity (Wildman–Crippen MR) is 105 cm³/mol. The lowest BCUT2D eigenvalue weighted by Gasteiger charge is -2.31. The van der Waals surface area contributed by atoms with E-state index in [9.17, 15) is 4.57 Å². The summed E-state index contributed by atoms with van der Waals surface area (Å²) in [5.41, 5.74) is 1.64. The van der Waals surface area contributed by atoms with E-state index in [0.717, 1.165) is 16.5 Å². The summed E-state index contributed by atoms with van der Waals surface area (Å²) < 4.78 is 76.0. The number of phosphoric ester groups is 1. The number of rotatable bonds is 10. The van der Waals surface area contributed by atoms with Crippen LogP contribution in [0.25, 0.3) is 10.9 Å². The first-order valence-corrected chi connectivity index (χ1v) is 10.1. The molecule has 2 rings (SSSR count). The fraction of sp³-hybridized carbons (Fsp3) is 0.579. The van der Waals surface area contributed by atoms with Gasteiger partial charge >= 0.3 is 7.82 Å². The Balaban J connectivity index is 2.39. The quantitative estimate of drug-likeness (QED) is 0.363. The van der Waals surface area contributed by atoms with Crippen LogP contribution >= 0.6 is 7.82 Å². The minimum Gasteiger partial charge on any atom is -0.361 e. The second kappa shape index (κ2) is 8.68. The van der Waals surface area contributed by atoms with E-state index < -0.39 is 45.2 Å². The average Bonchev–Trinajstić information content (AvgIpc) is 3.01. The van der Waals surface area contributed by atoms with Crippen LogP contribution in [0, 0.1) is 0 Å². The Morgan fingerprint density at radius 1 is 1.15 bits per heavy atom. The Morgan fingerprint density at radius 3 is 2.42 bits per heavy atom. The van der Waals surface area contributed by atoms with Crippen molar-refractivity contribution < 1.29 is 30.8 Å². The highest BCUT2D eigenvalue weighted by Gasteiger charge is 2.33. The van der Waals surface area contributed by atoms with E-state index in [1.54, 1.807) is 33.9 Å². The van der Waals surface area contributed by atoms with Crippen LogP contribution < -0.4 is 0 Å². The summed E-state index contributed by atoms with van der Waals surface area (Å²) in [5, 5.41) is 0.875. The zero-order valence-electron chi connectivity index (χ0n) is 21.7. The monoisotopic (exact) mass is 389 g/mol. The number of nitrogens with one attached hydrogen (secondary N) is 1. The van der Waals surface area contributed by atoms with Gasteiger partial charge in [-0.3, -0.25) is 9.05 Å². The maximum absolute atomic E-state index is 13.1. The van der Waals surface area contributed by atoms with Crippen molar-refractivity contribution in [3.8, 4) is 0 Å². The number of quaternary nitrogens is 1. The molecule has 1 aromatic carbocycles. The minimum absolute atomic E-state index is 0.143. The van der Waals surface area contributed by atoms with Gasteiger partial charge in [0, 0.05) is 23.5 Å². The molecule has 0 atom stereocenters. The topological polar surface area (TPSA) is 60.6 Å². The van der Waals surface area contributed by atoms with Crippen LogP contribution in [-0.2, 0) is 24.6 Å². The van der Waals surface area contributed by atoms with Gasteiger partial charge in [-0.1, -0.05) is 18.2 Å². The molecule has 6 nitrogen and oxygen atoms in total. The van der Waals surface area contributed by atoms with Crippen LogP contribution in [0.1, 0.15) is 41.5 Å². The summed E-state index contributed by atoms with van der Waals surface area (Å²) in [4.78, 5) is 3.10. The van der Waals surface area contributed by atoms with Crippen molar-refractivity contribution in [3.05, 3.63) is 36.0 Å². The summed E-state index contributed by atoms with van der Waals surface area (Å²) in [5.74, 6) is 0. The third-order valence-electron chi connectivity index (χ3n) is 3.55. The van der Waals surface area contributed by atoms with Crippen LogP contribution in [0.15, 0.2) is 30.5 Å². The summed E-state index contributed by atoms with van der Waals surface area (Å²) >= 11 is 0. The van der Waals surface area contributed by atoms with E-state index in [1.165, 1.54) is 0 Å². The van der Waals surface area contributed by atoms with Crippen molar-refractivity contribution >= 4 is 18.7 Å². The first kappa shape index (κ1) is 13.9. The molecule has 0 fully saturated rings. The largest absolute Gasteiger partial charge is 0.479 e. The molecule has 1 N–H and O–H groups in total. The Morgan fingerprint density at radius 2 is 1.81 bits per heavy atom. The van der Waals surface area contributed by atoms with Crippen molar-refractivity contribution in [1.82, 2.24) is 4.98 Å². The third-order valence-corrected chi connectivity index (χ3v) is 5.35. The number of hydrogen-bond acceptors (Lipinski definition) is 4. The lowest BCUT2D eigenvalue weighted by Crippen LogP contribution is -2.43. The number of para-hydroxylation sites is 1. The molecule has 0 bridgehead atoms. The number of fused-ring (bicyclic) bond motifs is 1. The molecular weight excluding hydrogens is 351 g/mol. The van der Waals surface area contributed by atoms with Gasteiger partial charge in [0.05, 0.1) is 40.9 Å². The minimum atomic E-state index is -4.21. The Labute approximate surface area is 165 Å². The molecule has 26 heavy (non-hydrogen) atoms. The van der Waals surface area contributed by atoms with Crippen LogP contribution in [0.3, 0.4) is 0 Å². The lowest BCUT2D eigenvalue weighted by molar-refractivity contribution is -0.906. The van der Waals surface area contributed by atoms with Gasteiger partial charge in [-0.05, 0) is 39.3 Å². The van der Waals surface area contributed by atoms with Crippen LogP contribution in [0.4, 0.5) is 0 Å². The molecule has 0 aliphatic rings. The molecule has 1 heterocycles. The van der Waals surface area contributed by atoms with Crippen molar-refractivity contribution in [2.45, 2.75) is 46.3 Å². The highest BCUT2D eigenvalue weighted by atomic mass is 31.2. The molecule has 0 amide bonds. The zero-order chi connectivity index (χ0) is 24.4. The first-order valence-electron chi connectivity index (χ1n) is 11.6. The number of benzene rings is 1. The number of likely N-dealkylation sites (N-methyl/N-ethyl adjacent to an activating group) is 1. The Hall–Kier alpha value is -1.17. The van der Waals surface area contributed by atoms with E-state index >= 15 is 0 Å². The standard InChI is InChI=1S/C19H32N2O4P/c1-15(2)24-26(22,25-16(3)4)23-14-21(5,6)12-11-17-13-20-19-10-8-7-9-18(17)19/h7-10,13,15-16,20H,11-12,14H2,1-6H3/q+1/i5D3,6D3. The third kappa shape index (κ3) is 6.22.